The molecule has 2 aliphatic heterocycles. The molecule has 2 aliphatic rings. The zero-order valence-electron chi connectivity index (χ0n) is 15.8. The van der Waals surface area contributed by atoms with Crippen LogP contribution in [0, 0.1) is 11.7 Å². The van der Waals surface area contributed by atoms with Gasteiger partial charge in [-0.2, -0.15) is 0 Å². The molecule has 2 saturated heterocycles. The lowest BCUT2D eigenvalue weighted by atomic mass is 10.0. The average Bonchev–Trinajstić information content (AvgIpc) is 3.11. The van der Waals surface area contributed by atoms with E-state index in [1.807, 2.05) is 13.8 Å². The van der Waals surface area contributed by atoms with Crippen molar-refractivity contribution in [2.45, 2.75) is 50.4 Å². The fourth-order valence-corrected chi connectivity index (χ4v) is 6.02. The summed E-state index contributed by atoms with van der Waals surface area (Å²) in [5.41, 5.74) is 7.06. The fourth-order valence-electron chi connectivity index (χ4n) is 3.89. The number of amides is 1. The summed E-state index contributed by atoms with van der Waals surface area (Å²) in [5.74, 6) is 0.0326. The first-order valence-corrected chi connectivity index (χ1v) is 11.2. The van der Waals surface area contributed by atoms with E-state index in [9.17, 15) is 17.6 Å². The minimum absolute atomic E-state index is 0.00757. The van der Waals surface area contributed by atoms with E-state index in [4.69, 9.17) is 0 Å². The first-order chi connectivity index (χ1) is 12.8. The lowest BCUT2D eigenvalue weighted by Crippen LogP contribution is -2.50. The van der Waals surface area contributed by atoms with Crippen molar-refractivity contribution in [3.63, 3.8) is 0 Å². The van der Waals surface area contributed by atoms with Crippen molar-refractivity contribution in [1.82, 2.24) is 15.8 Å². The van der Waals surface area contributed by atoms with Crippen molar-refractivity contribution >= 4 is 15.7 Å². The van der Waals surface area contributed by atoms with Crippen molar-refractivity contribution in [2.24, 2.45) is 5.92 Å². The van der Waals surface area contributed by atoms with Crippen LogP contribution in [0.15, 0.2) is 24.3 Å². The first-order valence-electron chi connectivity index (χ1n) is 9.53. The fraction of sp³-hybridized carbons (Fsp3) is 0.632. The summed E-state index contributed by atoms with van der Waals surface area (Å²) < 4.78 is 37.9. The Morgan fingerprint density at radius 2 is 1.81 bits per heavy atom. The van der Waals surface area contributed by atoms with Crippen molar-refractivity contribution in [2.75, 3.05) is 18.8 Å². The SMILES string of the molecule is CC(C)CS(=O)(=O)C1CCN(C(=O)C2CC(c3ccc(F)cc3)NN2)CC1. The van der Waals surface area contributed by atoms with Gasteiger partial charge < -0.3 is 4.90 Å². The van der Waals surface area contributed by atoms with Gasteiger partial charge in [-0.25, -0.2) is 23.7 Å². The van der Waals surface area contributed by atoms with Crippen LogP contribution >= 0.6 is 0 Å². The molecule has 0 aliphatic carbocycles. The minimum Gasteiger partial charge on any atom is -0.341 e. The highest BCUT2D eigenvalue weighted by molar-refractivity contribution is 7.92. The summed E-state index contributed by atoms with van der Waals surface area (Å²) in [6.07, 6.45) is 1.58. The Hall–Kier alpha value is -1.51. The molecule has 1 amide bonds. The molecule has 0 spiro atoms. The number of sulfone groups is 1. The van der Waals surface area contributed by atoms with Gasteiger partial charge in [0.2, 0.25) is 5.91 Å². The molecule has 27 heavy (non-hydrogen) atoms. The molecule has 2 heterocycles. The number of nitrogens with one attached hydrogen (secondary N) is 2. The number of carbonyl (C=O) groups is 1. The van der Waals surface area contributed by atoms with Gasteiger partial charge >= 0.3 is 0 Å². The van der Waals surface area contributed by atoms with E-state index in [-0.39, 0.29) is 40.7 Å². The smallest absolute Gasteiger partial charge is 0.241 e. The van der Waals surface area contributed by atoms with Crippen LogP contribution in [0.4, 0.5) is 4.39 Å². The van der Waals surface area contributed by atoms with Crippen LogP contribution < -0.4 is 10.9 Å². The van der Waals surface area contributed by atoms with Crippen LogP contribution in [0.2, 0.25) is 0 Å². The summed E-state index contributed by atoms with van der Waals surface area (Å²) in [7, 11) is -3.10. The number of nitrogens with zero attached hydrogens (tertiary/aromatic N) is 1. The van der Waals surface area contributed by atoms with Crippen LogP contribution in [-0.2, 0) is 14.6 Å². The van der Waals surface area contributed by atoms with Crippen molar-refractivity contribution in [3.05, 3.63) is 35.6 Å². The third kappa shape index (κ3) is 4.86. The Bertz CT molecular complexity index is 759. The first kappa shape index (κ1) is 20.2. The van der Waals surface area contributed by atoms with Gasteiger partial charge in [0.05, 0.1) is 11.0 Å². The lowest BCUT2D eigenvalue weighted by Gasteiger charge is -2.33. The maximum absolute atomic E-state index is 13.1. The monoisotopic (exact) mass is 397 g/mol. The molecule has 1 aromatic rings. The highest BCUT2D eigenvalue weighted by Gasteiger charge is 2.36. The molecule has 2 atom stereocenters. The second-order valence-electron chi connectivity index (χ2n) is 7.93. The number of halogens is 1. The van der Waals surface area contributed by atoms with Crippen LogP contribution in [0.1, 0.15) is 44.7 Å². The van der Waals surface area contributed by atoms with Gasteiger partial charge in [0.25, 0.3) is 0 Å². The summed E-state index contributed by atoms with van der Waals surface area (Å²) >= 11 is 0. The standard InChI is InChI=1S/C19H28FN3O3S/c1-13(2)12-27(25,26)16-7-9-23(10-8-16)19(24)18-11-17(21-22-18)14-3-5-15(20)6-4-14/h3-6,13,16-18,21-22H,7-12H2,1-2H3. The van der Waals surface area contributed by atoms with E-state index in [0.29, 0.717) is 32.4 Å². The summed E-state index contributed by atoms with van der Waals surface area (Å²) in [4.78, 5) is 14.5. The van der Waals surface area contributed by atoms with Gasteiger partial charge in [0.1, 0.15) is 11.9 Å². The molecule has 1 aromatic carbocycles. The van der Waals surface area contributed by atoms with Gasteiger partial charge in [-0.3, -0.25) is 4.79 Å². The second kappa shape index (κ2) is 8.24. The number of piperidine rings is 1. The van der Waals surface area contributed by atoms with Gasteiger partial charge in [0, 0.05) is 19.1 Å². The maximum Gasteiger partial charge on any atom is 0.241 e. The number of hydrazine groups is 1. The van der Waals surface area contributed by atoms with Crippen LogP contribution in [0.5, 0.6) is 0 Å². The van der Waals surface area contributed by atoms with Gasteiger partial charge in [-0.05, 0) is 42.9 Å². The van der Waals surface area contributed by atoms with Crippen molar-refractivity contribution < 1.29 is 17.6 Å². The van der Waals surface area contributed by atoms with Gasteiger partial charge in [-0.1, -0.05) is 26.0 Å². The van der Waals surface area contributed by atoms with Crippen molar-refractivity contribution in [1.29, 1.82) is 0 Å². The van der Waals surface area contributed by atoms with E-state index in [2.05, 4.69) is 10.9 Å². The predicted octanol–water partition coefficient (Wildman–Crippen LogP) is 1.80. The topological polar surface area (TPSA) is 78.5 Å². The molecule has 8 heteroatoms. The Morgan fingerprint density at radius 3 is 2.41 bits per heavy atom. The van der Waals surface area contributed by atoms with E-state index >= 15 is 0 Å². The molecular formula is C19H28FN3O3S. The van der Waals surface area contributed by atoms with Gasteiger partial charge in [-0.15, -0.1) is 0 Å². The minimum atomic E-state index is -3.10. The molecule has 0 bridgehead atoms. The van der Waals surface area contributed by atoms with Gasteiger partial charge in [0.15, 0.2) is 9.84 Å². The Labute approximate surface area is 160 Å². The summed E-state index contributed by atoms with van der Waals surface area (Å²) in [6.45, 7) is 4.76. The number of carbonyl (C=O) groups excluding carboxylic acids is 1. The summed E-state index contributed by atoms with van der Waals surface area (Å²) in [5, 5.41) is -0.342. The number of benzene rings is 1. The molecule has 150 valence electrons. The largest absolute Gasteiger partial charge is 0.341 e. The molecule has 2 fully saturated rings. The van der Waals surface area contributed by atoms with Crippen LogP contribution in [0.3, 0.4) is 0 Å². The maximum atomic E-state index is 13.1. The summed E-state index contributed by atoms with van der Waals surface area (Å²) in [6, 6.07) is 5.84. The second-order valence-corrected chi connectivity index (χ2v) is 10.3. The lowest BCUT2D eigenvalue weighted by molar-refractivity contribution is -0.134. The van der Waals surface area contributed by atoms with E-state index in [1.54, 1.807) is 17.0 Å². The average molecular weight is 398 g/mol. The number of rotatable bonds is 5. The zero-order valence-corrected chi connectivity index (χ0v) is 16.6. The normalized spacial score (nSPS) is 24.5. The zero-order chi connectivity index (χ0) is 19.6. The molecule has 0 radical (unpaired) electrons. The highest BCUT2D eigenvalue weighted by atomic mass is 32.2. The Morgan fingerprint density at radius 1 is 1.19 bits per heavy atom. The number of hydrogen-bond donors (Lipinski definition) is 2. The number of likely N-dealkylation sites (tertiary alicyclic amines) is 1. The molecule has 2 unspecified atom stereocenters. The van der Waals surface area contributed by atoms with Crippen molar-refractivity contribution in [3.8, 4) is 0 Å². The molecular weight excluding hydrogens is 369 g/mol. The van der Waals surface area contributed by atoms with E-state index < -0.39 is 9.84 Å². The van der Waals surface area contributed by atoms with E-state index in [1.165, 1.54) is 12.1 Å². The van der Waals surface area contributed by atoms with Crippen LogP contribution in [0.25, 0.3) is 0 Å². The predicted molar refractivity (Wildman–Crippen MR) is 102 cm³/mol. The Kier molecular flexibility index (Phi) is 6.18. The van der Waals surface area contributed by atoms with Crippen LogP contribution in [-0.4, -0.2) is 49.4 Å². The third-order valence-corrected chi connectivity index (χ3v) is 7.92. The molecule has 0 aromatic heterocycles. The molecule has 6 nitrogen and oxygen atoms in total. The highest BCUT2D eigenvalue weighted by Crippen LogP contribution is 2.25. The molecule has 2 N–H and O–H groups in total. The quantitative estimate of drug-likeness (QED) is 0.792. The number of hydrogen-bond acceptors (Lipinski definition) is 5. The molecule has 0 saturated carbocycles. The molecule has 3 rings (SSSR count). The van der Waals surface area contributed by atoms with E-state index in [0.717, 1.165) is 5.56 Å². The Balaban J connectivity index is 1.53. The third-order valence-electron chi connectivity index (χ3n) is 5.30.